The fourth-order valence-corrected chi connectivity index (χ4v) is 0. The molecule has 1 radical (unpaired) electrons. The number of hydrogen-bond donors (Lipinski definition) is 2. The van der Waals surface area contributed by atoms with Crippen LogP contribution in [0, 0.1) is 0 Å². The van der Waals surface area contributed by atoms with Crippen molar-refractivity contribution in [2.45, 2.75) is 6.17 Å². The third-order valence-corrected chi connectivity index (χ3v) is 0.197. The van der Waals surface area contributed by atoms with Crippen LogP contribution in [0.4, 0.5) is 0 Å². The van der Waals surface area contributed by atoms with Gasteiger partial charge in [0.25, 0.3) is 0 Å². The van der Waals surface area contributed by atoms with E-state index >= 15 is 0 Å². The molecule has 4 N–H and O–H groups in total. The maximum Gasteiger partial charge on any atom is 0.0913 e. The van der Waals surface area contributed by atoms with Crippen molar-refractivity contribution in [2.75, 3.05) is 6.61 Å². The Bertz CT molecular complexity index is 21.6. The van der Waals surface area contributed by atoms with E-state index in [0.29, 0.717) is 0 Å². The average molecular weight is 75.1 g/mol. The molecular formula is C2H7N2O. The van der Waals surface area contributed by atoms with Gasteiger partial charge in [0.1, 0.15) is 0 Å². The molecule has 0 aliphatic carbocycles. The molecular weight excluding hydrogens is 68.0 g/mol. The Labute approximate surface area is 30.6 Å². The summed E-state index contributed by atoms with van der Waals surface area (Å²) in [6.45, 7) is -0.250. The Kier molecular flexibility index (Phi) is 2.09. The summed E-state index contributed by atoms with van der Waals surface area (Å²) in [5.74, 6) is 0. The van der Waals surface area contributed by atoms with Crippen molar-refractivity contribution in [1.82, 2.24) is 5.73 Å². The van der Waals surface area contributed by atoms with E-state index in [1.165, 1.54) is 0 Å². The highest BCUT2D eigenvalue weighted by Crippen LogP contribution is 1.53. The van der Waals surface area contributed by atoms with Gasteiger partial charge in [0.15, 0.2) is 0 Å². The molecule has 0 fully saturated rings. The van der Waals surface area contributed by atoms with E-state index in [4.69, 9.17) is 16.6 Å². The van der Waals surface area contributed by atoms with E-state index in [9.17, 15) is 0 Å². The summed E-state index contributed by atoms with van der Waals surface area (Å²) in [6.07, 6.45) is -0.810. The van der Waals surface area contributed by atoms with Crippen LogP contribution < -0.4 is 11.5 Å². The zero-order valence-corrected chi connectivity index (χ0v) is 2.81. The number of nitrogens with two attached hydrogens (primary N) is 1. The van der Waals surface area contributed by atoms with E-state index < -0.39 is 6.17 Å². The Morgan fingerprint density at radius 3 is 2.20 bits per heavy atom. The monoisotopic (exact) mass is 75.1 g/mol. The van der Waals surface area contributed by atoms with E-state index in [0.717, 1.165) is 0 Å². The molecule has 0 rings (SSSR count). The zero-order valence-electron chi connectivity index (χ0n) is 2.81. The van der Waals surface area contributed by atoms with Gasteiger partial charge in [0.2, 0.25) is 0 Å². The molecule has 0 saturated heterocycles. The smallest absolute Gasteiger partial charge is 0.0913 e. The first-order valence-electron chi connectivity index (χ1n) is 1.35. The molecule has 0 aliphatic rings. The second-order valence-corrected chi connectivity index (χ2v) is 0.789. The summed E-state index contributed by atoms with van der Waals surface area (Å²) in [7, 11) is 0. The molecule has 0 spiro atoms. The Balaban J connectivity index is 2.54. The molecule has 1 unspecified atom stereocenters. The first-order valence-corrected chi connectivity index (χ1v) is 1.35. The van der Waals surface area contributed by atoms with E-state index in [1.54, 1.807) is 0 Å². The standard InChI is InChI=1S/C2H7N2O/c3-2(4)1-5/h2-3,5H,1,4H2. The highest BCUT2D eigenvalue weighted by atomic mass is 16.3. The van der Waals surface area contributed by atoms with Crippen LogP contribution in [-0.2, 0) is 0 Å². The summed E-state index contributed by atoms with van der Waals surface area (Å²) in [4.78, 5) is 0. The molecule has 0 bridgehead atoms. The van der Waals surface area contributed by atoms with Gasteiger partial charge in [-0.05, 0) is 0 Å². The van der Waals surface area contributed by atoms with Crippen molar-refractivity contribution in [3.63, 3.8) is 0 Å². The Morgan fingerprint density at radius 2 is 2.20 bits per heavy atom. The third kappa shape index (κ3) is 3.88. The number of rotatable bonds is 1. The van der Waals surface area contributed by atoms with Crippen LogP contribution in [0.5, 0.6) is 0 Å². The second kappa shape index (κ2) is 2.14. The maximum atomic E-state index is 7.83. The predicted octanol–water partition coefficient (Wildman–Crippen LogP) is -1.45. The fraction of sp³-hybridized carbons (Fsp3) is 1.00. The lowest BCUT2D eigenvalue weighted by atomic mass is 10.6. The predicted molar refractivity (Wildman–Crippen MR) is 18.2 cm³/mol. The van der Waals surface area contributed by atoms with Gasteiger partial charge in [-0.15, -0.1) is 0 Å². The van der Waals surface area contributed by atoms with Gasteiger partial charge in [-0.3, -0.25) is 0 Å². The molecule has 0 aromatic rings. The topological polar surface area (TPSA) is 70.0 Å². The van der Waals surface area contributed by atoms with Gasteiger partial charge < -0.3 is 10.8 Å². The van der Waals surface area contributed by atoms with Gasteiger partial charge in [0.05, 0.1) is 12.8 Å². The van der Waals surface area contributed by atoms with Crippen molar-refractivity contribution >= 4 is 0 Å². The molecule has 3 nitrogen and oxygen atoms in total. The quantitative estimate of drug-likeness (QED) is 0.400. The number of aliphatic hydroxyl groups is 1. The van der Waals surface area contributed by atoms with Crippen molar-refractivity contribution in [3.8, 4) is 0 Å². The Morgan fingerprint density at radius 1 is 2.00 bits per heavy atom. The van der Waals surface area contributed by atoms with Crippen LogP contribution >= 0.6 is 0 Å². The third-order valence-electron chi connectivity index (χ3n) is 0.197. The maximum absolute atomic E-state index is 7.83. The minimum Gasteiger partial charge on any atom is -0.393 e. The molecule has 0 heterocycles. The summed E-state index contributed by atoms with van der Waals surface area (Å²) in [6, 6.07) is 0. The largest absolute Gasteiger partial charge is 0.393 e. The van der Waals surface area contributed by atoms with Crippen LogP contribution in [0.3, 0.4) is 0 Å². The van der Waals surface area contributed by atoms with E-state index in [2.05, 4.69) is 0 Å². The van der Waals surface area contributed by atoms with Crippen LogP contribution in [-0.4, -0.2) is 17.9 Å². The summed E-state index contributed by atoms with van der Waals surface area (Å²) in [5.41, 5.74) is 11.1. The van der Waals surface area contributed by atoms with Crippen molar-refractivity contribution in [2.24, 2.45) is 5.73 Å². The molecule has 0 aromatic heterocycles. The van der Waals surface area contributed by atoms with Crippen LogP contribution in [0.25, 0.3) is 0 Å². The highest BCUT2D eigenvalue weighted by Gasteiger charge is 1.82. The van der Waals surface area contributed by atoms with Gasteiger partial charge in [-0.2, -0.15) is 0 Å². The number of hydrogen-bond acceptors (Lipinski definition) is 2. The van der Waals surface area contributed by atoms with Crippen LogP contribution in [0.15, 0.2) is 0 Å². The van der Waals surface area contributed by atoms with Crippen molar-refractivity contribution in [3.05, 3.63) is 0 Å². The van der Waals surface area contributed by atoms with Gasteiger partial charge in [0, 0.05) is 0 Å². The average Bonchev–Trinajstić information content (AvgIpc) is 1.38. The molecule has 0 saturated carbocycles. The molecule has 0 aliphatic heterocycles. The second-order valence-electron chi connectivity index (χ2n) is 0.789. The van der Waals surface area contributed by atoms with Gasteiger partial charge in [-0.25, -0.2) is 5.73 Å². The molecule has 3 heteroatoms. The lowest BCUT2D eigenvalue weighted by molar-refractivity contribution is 0.265. The normalized spacial score (nSPS) is 9.60. The summed E-state index contributed by atoms with van der Waals surface area (Å²) >= 11 is 0. The minimum absolute atomic E-state index is 0.250. The highest BCUT2D eigenvalue weighted by molar-refractivity contribution is 4.39. The summed E-state index contributed by atoms with van der Waals surface area (Å²) < 4.78 is 0. The first-order chi connectivity index (χ1) is 2.27. The molecule has 0 aromatic carbocycles. The fourth-order valence-electron chi connectivity index (χ4n) is 0. The summed E-state index contributed by atoms with van der Waals surface area (Å²) in [5, 5.41) is 7.83. The van der Waals surface area contributed by atoms with Gasteiger partial charge >= 0.3 is 0 Å². The molecule has 31 valence electrons. The molecule has 0 amide bonds. The first kappa shape index (κ1) is 4.88. The van der Waals surface area contributed by atoms with Crippen molar-refractivity contribution < 1.29 is 5.11 Å². The van der Waals surface area contributed by atoms with E-state index in [1.807, 2.05) is 0 Å². The van der Waals surface area contributed by atoms with E-state index in [-0.39, 0.29) is 6.61 Å². The SMILES string of the molecule is [NH]C(N)CO. The number of nitrogens with one attached hydrogen (secondary N) is 1. The van der Waals surface area contributed by atoms with Gasteiger partial charge in [-0.1, -0.05) is 0 Å². The zero-order chi connectivity index (χ0) is 4.28. The van der Waals surface area contributed by atoms with Crippen LogP contribution in [0.1, 0.15) is 0 Å². The molecule has 5 heavy (non-hydrogen) atoms. The Hall–Kier alpha value is -0.120. The molecule has 1 atom stereocenters. The van der Waals surface area contributed by atoms with Crippen molar-refractivity contribution in [1.29, 1.82) is 0 Å². The van der Waals surface area contributed by atoms with Crippen LogP contribution in [0.2, 0.25) is 0 Å². The number of aliphatic hydroxyl groups excluding tert-OH is 1. The minimum atomic E-state index is -0.810. The lowest BCUT2D eigenvalue weighted by Gasteiger charge is -1.90. The lowest BCUT2D eigenvalue weighted by Crippen LogP contribution is -2.24.